The van der Waals surface area contributed by atoms with Crippen molar-refractivity contribution in [3.8, 4) is 17.1 Å². The van der Waals surface area contributed by atoms with Crippen LogP contribution in [0.4, 0.5) is 5.69 Å². The largest absolute Gasteiger partial charge is 0.481 e. The highest BCUT2D eigenvalue weighted by Crippen LogP contribution is 2.22. The topological polar surface area (TPSA) is 106 Å². The number of ether oxygens (including phenoxy) is 1. The number of hydrogen-bond donors (Lipinski definition) is 0. The van der Waals surface area contributed by atoms with Crippen LogP contribution in [0.25, 0.3) is 11.4 Å². The summed E-state index contributed by atoms with van der Waals surface area (Å²) in [5, 5.41) is 3.97. The zero-order valence-electron chi connectivity index (χ0n) is 18.4. The SMILES string of the molecule is CC[C@@H](Oc1ccc(N(C)S(C)(=O)=O)cc1)C(=O)N(C)Cc1nc(-c2ccccc2)no1. The maximum Gasteiger partial charge on any atom is 0.263 e. The second-order valence-electron chi connectivity index (χ2n) is 7.31. The summed E-state index contributed by atoms with van der Waals surface area (Å²) in [6.45, 7) is 2.00. The van der Waals surface area contributed by atoms with Crippen LogP contribution in [0.1, 0.15) is 19.2 Å². The molecule has 0 fully saturated rings. The lowest BCUT2D eigenvalue weighted by Crippen LogP contribution is -2.39. The third kappa shape index (κ3) is 5.64. The first-order valence-electron chi connectivity index (χ1n) is 10.0. The molecule has 1 heterocycles. The Morgan fingerprint density at radius 1 is 1.09 bits per heavy atom. The van der Waals surface area contributed by atoms with Crippen molar-refractivity contribution in [1.82, 2.24) is 15.0 Å². The standard InChI is InChI=1S/C22H26N4O5S/c1-5-19(30-18-13-11-17(12-14-18)26(3)32(4,28)29)22(27)25(2)15-20-23-21(24-31-20)16-9-7-6-8-10-16/h6-14,19H,5,15H2,1-4H3/t19-/m1/s1. The summed E-state index contributed by atoms with van der Waals surface area (Å²) in [4.78, 5) is 18.7. The molecule has 170 valence electrons. The lowest BCUT2D eigenvalue weighted by Gasteiger charge is -2.23. The van der Waals surface area contributed by atoms with Gasteiger partial charge in [0.2, 0.25) is 21.7 Å². The molecule has 0 aliphatic carbocycles. The number of amides is 1. The van der Waals surface area contributed by atoms with Gasteiger partial charge in [0.05, 0.1) is 18.5 Å². The molecule has 0 saturated heterocycles. The fourth-order valence-corrected chi connectivity index (χ4v) is 3.45. The van der Waals surface area contributed by atoms with Crippen LogP contribution in [-0.4, -0.2) is 55.8 Å². The van der Waals surface area contributed by atoms with Crippen LogP contribution in [0.15, 0.2) is 59.1 Å². The van der Waals surface area contributed by atoms with E-state index >= 15 is 0 Å². The molecule has 0 saturated carbocycles. The predicted molar refractivity (Wildman–Crippen MR) is 121 cm³/mol. The van der Waals surface area contributed by atoms with Gasteiger partial charge in [0.25, 0.3) is 5.91 Å². The molecule has 0 N–H and O–H groups in total. The van der Waals surface area contributed by atoms with Gasteiger partial charge in [-0.2, -0.15) is 4.98 Å². The minimum atomic E-state index is -3.36. The van der Waals surface area contributed by atoms with Gasteiger partial charge < -0.3 is 14.2 Å². The van der Waals surface area contributed by atoms with Crippen molar-refractivity contribution in [2.24, 2.45) is 0 Å². The summed E-state index contributed by atoms with van der Waals surface area (Å²) in [6.07, 6.45) is 0.869. The first kappa shape index (κ1) is 23.3. The average Bonchev–Trinajstić information content (AvgIpc) is 3.25. The summed E-state index contributed by atoms with van der Waals surface area (Å²) in [7, 11) is -0.240. The van der Waals surface area contributed by atoms with Crippen molar-refractivity contribution in [3.63, 3.8) is 0 Å². The van der Waals surface area contributed by atoms with Crippen LogP contribution < -0.4 is 9.04 Å². The highest BCUT2D eigenvalue weighted by molar-refractivity contribution is 7.92. The molecule has 9 nitrogen and oxygen atoms in total. The third-order valence-electron chi connectivity index (χ3n) is 4.87. The lowest BCUT2D eigenvalue weighted by molar-refractivity contribution is -0.138. The van der Waals surface area contributed by atoms with Crippen LogP contribution >= 0.6 is 0 Å². The summed E-state index contributed by atoms with van der Waals surface area (Å²) in [5.74, 6) is 1.02. The first-order chi connectivity index (χ1) is 15.2. The van der Waals surface area contributed by atoms with Crippen LogP contribution in [-0.2, 0) is 21.4 Å². The smallest absolute Gasteiger partial charge is 0.263 e. The number of likely N-dealkylation sites (N-methyl/N-ethyl adjacent to an activating group) is 1. The van der Waals surface area contributed by atoms with Gasteiger partial charge in [-0.15, -0.1) is 0 Å². The Hall–Kier alpha value is -3.40. The number of rotatable bonds is 9. The third-order valence-corrected chi connectivity index (χ3v) is 6.08. The minimum absolute atomic E-state index is 0.149. The molecule has 1 amide bonds. The van der Waals surface area contributed by atoms with E-state index in [4.69, 9.17) is 9.26 Å². The fraction of sp³-hybridized carbons (Fsp3) is 0.318. The van der Waals surface area contributed by atoms with E-state index in [1.54, 1.807) is 31.3 Å². The maximum atomic E-state index is 12.9. The Labute approximate surface area is 187 Å². The number of nitrogens with zero attached hydrogens (tertiary/aromatic N) is 4. The highest BCUT2D eigenvalue weighted by atomic mass is 32.2. The van der Waals surface area contributed by atoms with Gasteiger partial charge in [0.15, 0.2) is 6.10 Å². The molecule has 0 unspecified atom stereocenters. The van der Waals surface area contributed by atoms with E-state index < -0.39 is 16.1 Å². The summed E-state index contributed by atoms with van der Waals surface area (Å²) >= 11 is 0. The highest BCUT2D eigenvalue weighted by Gasteiger charge is 2.24. The molecule has 0 aliphatic heterocycles. The Kier molecular flexibility index (Phi) is 7.14. The number of carbonyl (C=O) groups excluding carboxylic acids is 1. The van der Waals surface area contributed by atoms with Crippen molar-refractivity contribution < 1.29 is 22.5 Å². The molecule has 3 rings (SSSR count). The molecule has 3 aromatic rings. The Morgan fingerprint density at radius 3 is 2.34 bits per heavy atom. The zero-order valence-corrected chi connectivity index (χ0v) is 19.2. The van der Waals surface area contributed by atoms with E-state index in [-0.39, 0.29) is 12.5 Å². The molecule has 1 atom stereocenters. The molecule has 0 spiro atoms. The number of carbonyl (C=O) groups is 1. The minimum Gasteiger partial charge on any atom is -0.481 e. The normalized spacial score (nSPS) is 12.2. The van der Waals surface area contributed by atoms with Crippen LogP contribution in [0, 0.1) is 0 Å². The van der Waals surface area contributed by atoms with E-state index in [0.717, 1.165) is 11.8 Å². The molecule has 10 heteroatoms. The molecule has 1 aromatic heterocycles. The zero-order chi connectivity index (χ0) is 23.3. The van der Waals surface area contributed by atoms with Crippen molar-refractivity contribution >= 4 is 21.6 Å². The molecule has 0 radical (unpaired) electrons. The second-order valence-corrected chi connectivity index (χ2v) is 9.32. The number of aromatic nitrogens is 2. The van der Waals surface area contributed by atoms with E-state index in [9.17, 15) is 13.2 Å². The number of anilines is 1. The summed E-state index contributed by atoms with van der Waals surface area (Å²) in [6, 6.07) is 16.0. The number of sulfonamides is 1. The van der Waals surface area contributed by atoms with Gasteiger partial charge in [-0.3, -0.25) is 9.10 Å². The lowest BCUT2D eigenvalue weighted by atomic mass is 10.2. The van der Waals surface area contributed by atoms with E-state index in [1.165, 1.54) is 16.3 Å². The van der Waals surface area contributed by atoms with E-state index in [1.807, 2.05) is 37.3 Å². The second kappa shape index (κ2) is 9.82. The Bertz CT molecular complexity index is 1150. The van der Waals surface area contributed by atoms with Gasteiger partial charge in [0, 0.05) is 19.7 Å². The summed E-state index contributed by atoms with van der Waals surface area (Å²) in [5.41, 5.74) is 1.33. The van der Waals surface area contributed by atoms with Crippen LogP contribution in [0.3, 0.4) is 0 Å². The molecular formula is C22H26N4O5S. The van der Waals surface area contributed by atoms with Crippen molar-refractivity contribution in [1.29, 1.82) is 0 Å². The fourth-order valence-electron chi connectivity index (χ4n) is 2.95. The first-order valence-corrected chi connectivity index (χ1v) is 11.9. The Morgan fingerprint density at radius 2 is 1.75 bits per heavy atom. The number of hydrogen-bond acceptors (Lipinski definition) is 7. The predicted octanol–water partition coefficient (Wildman–Crippen LogP) is 2.95. The molecule has 2 aromatic carbocycles. The molecular weight excluding hydrogens is 432 g/mol. The summed E-state index contributed by atoms with van der Waals surface area (Å²) < 4.78 is 35.6. The molecule has 32 heavy (non-hydrogen) atoms. The number of benzene rings is 2. The van der Waals surface area contributed by atoms with Crippen molar-refractivity contribution in [2.75, 3.05) is 24.7 Å². The van der Waals surface area contributed by atoms with Gasteiger partial charge in [-0.1, -0.05) is 42.4 Å². The Balaban J connectivity index is 1.63. The van der Waals surface area contributed by atoms with Crippen LogP contribution in [0.5, 0.6) is 5.75 Å². The van der Waals surface area contributed by atoms with E-state index in [0.29, 0.717) is 29.6 Å². The maximum absolute atomic E-state index is 12.9. The van der Waals surface area contributed by atoms with Crippen molar-refractivity contribution in [3.05, 3.63) is 60.5 Å². The van der Waals surface area contributed by atoms with Gasteiger partial charge in [-0.05, 0) is 30.7 Å². The van der Waals surface area contributed by atoms with Gasteiger partial charge in [-0.25, -0.2) is 8.42 Å². The average molecular weight is 459 g/mol. The quantitative estimate of drug-likeness (QED) is 0.485. The van der Waals surface area contributed by atoms with Crippen LogP contribution in [0.2, 0.25) is 0 Å². The molecule has 0 bridgehead atoms. The van der Waals surface area contributed by atoms with Crippen molar-refractivity contribution in [2.45, 2.75) is 26.0 Å². The monoisotopic (exact) mass is 458 g/mol. The van der Waals surface area contributed by atoms with Gasteiger partial charge in [0.1, 0.15) is 5.75 Å². The van der Waals surface area contributed by atoms with E-state index in [2.05, 4.69) is 10.1 Å². The van der Waals surface area contributed by atoms with Gasteiger partial charge >= 0.3 is 0 Å². The molecule has 0 aliphatic rings.